The maximum absolute atomic E-state index is 6.26. The minimum absolute atomic E-state index is 0.156. The minimum atomic E-state index is 0.156. The normalized spacial score (nSPS) is 50.2. The van der Waals surface area contributed by atoms with Crippen LogP contribution in [0.3, 0.4) is 0 Å². The van der Waals surface area contributed by atoms with Crippen LogP contribution in [0.1, 0.15) is 38.5 Å². The van der Waals surface area contributed by atoms with Gasteiger partial charge in [-0.2, -0.15) is 0 Å². The van der Waals surface area contributed by atoms with Crippen LogP contribution in [0.4, 0.5) is 0 Å². The van der Waals surface area contributed by atoms with Crippen molar-refractivity contribution in [3.63, 3.8) is 0 Å². The van der Waals surface area contributed by atoms with Crippen molar-refractivity contribution in [1.29, 1.82) is 0 Å². The van der Waals surface area contributed by atoms with E-state index >= 15 is 0 Å². The summed E-state index contributed by atoms with van der Waals surface area (Å²) >= 11 is 12.5. The van der Waals surface area contributed by atoms with Gasteiger partial charge in [-0.25, -0.2) is 0 Å². The van der Waals surface area contributed by atoms with Gasteiger partial charge in [-0.1, -0.05) is 0 Å². The Bertz CT molecular complexity index is 213. The Balaban J connectivity index is 1.88. The van der Waals surface area contributed by atoms with Gasteiger partial charge < -0.3 is 11.5 Å². The summed E-state index contributed by atoms with van der Waals surface area (Å²) < 4.78 is 0. The summed E-state index contributed by atoms with van der Waals surface area (Å²) in [4.78, 5) is 0. The van der Waals surface area contributed by atoms with Gasteiger partial charge in [0.05, 0.1) is 0 Å². The second kappa shape index (κ2) is 5.43. The molecule has 2 aliphatic rings. The van der Waals surface area contributed by atoms with Crippen molar-refractivity contribution in [2.75, 3.05) is 0 Å². The number of hydrogen-bond acceptors (Lipinski definition) is 2. The lowest BCUT2D eigenvalue weighted by molar-refractivity contribution is 0.182. The average molecular weight is 265 g/mol. The van der Waals surface area contributed by atoms with Crippen LogP contribution in [0, 0.1) is 11.8 Å². The highest BCUT2D eigenvalue weighted by molar-refractivity contribution is 6.21. The van der Waals surface area contributed by atoms with Crippen LogP contribution >= 0.6 is 23.2 Å². The lowest BCUT2D eigenvalue weighted by atomic mass is 9.71. The van der Waals surface area contributed by atoms with Crippen molar-refractivity contribution < 1.29 is 0 Å². The van der Waals surface area contributed by atoms with Crippen molar-refractivity contribution in [2.24, 2.45) is 23.3 Å². The van der Waals surface area contributed by atoms with Crippen molar-refractivity contribution in [2.45, 2.75) is 61.4 Å². The van der Waals surface area contributed by atoms with Crippen molar-refractivity contribution >= 4 is 23.2 Å². The number of rotatable bonds is 1. The fourth-order valence-corrected chi connectivity index (χ4v) is 3.90. The van der Waals surface area contributed by atoms with Crippen LogP contribution in [-0.2, 0) is 0 Å². The number of halogens is 2. The molecule has 94 valence electrons. The molecule has 16 heavy (non-hydrogen) atoms. The molecule has 0 saturated heterocycles. The van der Waals surface area contributed by atoms with Crippen LogP contribution in [0.15, 0.2) is 0 Å². The maximum Gasteiger partial charge on any atom is 0.0489 e. The van der Waals surface area contributed by atoms with E-state index in [1.165, 1.54) is 12.8 Å². The first-order valence-corrected chi connectivity index (χ1v) is 7.24. The molecule has 4 heteroatoms. The molecule has 0 spiro atoms. The summed E-state index contributed by atoms with van der Waals surface area (Å²) in [5.74, 6) is 1.44. The van der Waals surface area contributed by atoms with Gasteiger partial charge in [-0.15, -0.1) is 23.2 Å². The van der Waals surface area contributed by atoms with E-state index in [2.05, 4.69) is 0 Å². The Morgan fingerprint density at radius 2 is 1.06 bits per heavy atom. The molecule has 0 radical (unpaired) electrons. The van der Waals surface area contributed by atoms with E-state index < -0.39 is 0 Å². The zero-order chi connectivity index (χ0) is 11.7. The number of hydrogen-bond donors (Lipinski definition) is 2. The highest BCUT2D eigenvalue weighted by Gasteiger charge is 2.35. The summed E-state index contributed by atoms with van der Waals surface area (Å²) in [5, 5.41) is 0.311. The summed E-state index contributed by atoms with van der Waals surface area (Å²) in [6.45, 7) is 0. The van der Waals surface area contributed by atoms with Gasteiger partial charge in [0.15, 0.2) is 0 Å². The van der Waals surface area contributed by atoms with Gasteiger partial charge in [0.25, 0.3) is 0 Å². The van der Waals surface area contributed by atoms with Gasteiger partial charge in [-0.05, 0) is 50.4 Å². The minimum Gasteiger partial charge on any atom is -0.326 e. The molecule has 6 atom stereocenters. The van der Waals surface area contributed by atoms with Gasteiger partial charge >= 0.3 is 0 Å². The van der Waals surface area contributed by atoms with E-state index in [1.54, 1.807) is 0 Å². The van der Waals surface area contributed by atoms with Gasteiger partial charge in [0.2, 0.25) is 0 Å². The first-order valence-electron chi connectivity index (χ1n) is 6.37. The van der Waals surface area contributed by atoms with Crippen LogP contribution in [0.2, 0.25) is 0 Å². The van der Waals surface area contributed by atoms with E-state index in [1.807, 2.05) is 0 Å². The highest BCUT2D eigenvalue weighted by atomic mass is 35.5. The van der Waals surface area contributed by atoms with Crippen LogP contribution in [0.25, 0.3) is 0 Å². The van der Waals surface area contributed by atoms with E-state index in [0.717, 1.165) is 37.5 Å². The monoisotopic (exact) mass is 264 g/mol. The molecule has 0 aromatic rings. The third-order valence-corrected chi connectivity index (χ3v) is 5.40. The van der Waals surface area contributed by atoms with Crippen molar-refractivity contribution in [3.05, 3.63) is 0 Å². The lowest BCUT2D eigenvalue weighted by Gasteiger charge is -2.39. The van der Waals surface area contributed by atoms with E-state index in [0.29, 0.717) is 0 Å². The molecule has 0 aromatic heterocycles. The maximum atomic E-state index is 6.26. The zero-order valence-electron chi connectivity index (χ0n) is 9.62. The molecule has 0 aromatic carbocycles. The molecule has 0 aliphatic heterocycles. The third-order valence-electron chi connectivity index (χ3n) is 4.39. The second-order valence-corrected chi connectivity index (χ2v) is 6.63. The van der Waals surface area contributed by atoms with E-state index in [-0.39, 0.29) is 22.8 Å². The van der Waals surface area contributed by atoms with E-state index in [4.69, 9.17) is 34.7 Å². The average Bonchev–Trinajstić information content (AvgIpc) is 2.26. The molecule has 2 aliphatic carbocycles. The van der Waals surface area contributed by atoms with Gasteiger partial charge in [0.1, 0.15) is 0 Å². The first-order chi connectivity index (χ1) is 7.58. The largest absolute Gasteiger partial charge is 0.326 e. The quantitative estimate of drug-likeness (QED) is 0.715. The zero-order valence-corrected chi connectivity index (χ0v) is 11.1. The topological polar surface area (TPSA) is 52.0 Å². The highest BCUT2D eigenvalue weighted by Crippen LogP contribution is 2.40. The van der Waals surface area contributed by atoms with Crippen LogP contribution in [0.5, 0.6) is 0 Å². The molecule has 2 rings (SSSR count). The standard InChI is InChI=1S/C12H22Cl2N2/c13-9-5-7(1-3-11(9)15)8-2-4-12(16)10(14)6-8/h7-12H,1-6,15-16H2. The molecule has 0 heterocycles. The molecule has 0 bridgehead atoms. The second-order valence-electron chi connectivity index (χ2n) is 5.51. The Morgan fingerprint density at radius 1 is 0.688 bits per heavy atom. The molecule has 6 unspecified atom stereocenters. The van der Waals surface area contributed by atoms with Crippen LogP contribution in [-0.4, -0.2) is 22.8 Å². The SMILES string of the molecule is NC1CCC(C2CCC(N)C(Cl)C2)CC1Cl. The Hall–Kier alpha value is 0.500. The molecular weight excluding hydrogens is 243 g/mol. The van der Waals surface area contributed by atoms with Crippen LogP contribution < -0.4 is 11.5 Å². The Labute approximate surface area is 108 Å². The number of alkyl halides is 2. The Kier molecular flexibility index (Phi) is 4.39. The predicted octanol–water partition coefficient (Wildman–Crippen LogP) is 2.46. The van der Waals surface area contributed by atoms with Gasteiger partial charge in [0, 0.05) is 22.8 Å². The molecule has 2 saturated carbocycles. The smallest absolute Gasteiger partial charge is 0.0489 e. The molecule has 0 amide bonds. The summed E-state index contributed by atoms with van der Waals surface area (Å²) in [6.07, 6.45) is 6.68. The molecule has 2 fully saturated rings. The van der Waals surface area contributed by atoms with Crippen molar-refractivity contribution in [1.82, 2.24) is 0 Å². The third kappa shape index (κ3) is 2.84. The summed E-state index contributed by atoms with van der Waals surface area (Å²) in [6, 6.07) is 0.381. The predicted molar refractivity (Wildman–Crippen MR) is 69.9 cm³/mol. The first kappa shape index (κ1) is 12.9. The Morgan fingerprint density at radius 3 is 1.38 bits per heavy atom. The van der Waals surface area contributed by atoms with Crippen molar-refractivity contribution in [3.8, 4) is 0 Å². The van der Waals surface area contributed by atoms with Gasteiger partial charge in [-0.3, -0.25) is 0 Å². The number of nitrogens with two attached hydrogens (primary N) is 2. The molecule has 4 N–H and O–H groups in total. The summed E-state index contributed by atoms with van der Waals surface area (Å²) in [5.41, 5.74) is 11.9. The lowest BCUT2D eigenvalue weighted by Crippen LogP contribution is -2.43. The molecule has 2 nitrogen and oxygen atoms in total. The fraction of sp³-hybridized carbons (Fsp3) is 1.00. The summed E-state index contributed by atoms with van der Waals surface area (Å²) in [7, 11) is 0. The van der Waals surface area contributed by atoms with E-state index in [9.17, 15) is 0 Å². The fourth-order valence-electron chi connectivity index (χ4n) is 3.19. The molecular formula is C12H22Cl2N2.